The van der Waals surface area contributed by atoms with E-state index >= 15 is 0 Å². The Bertz CT molecular complexity index is 87.7. The second kappa shape index (κ2) is 4.30. The monoisotopic (exact) mass is 113 g/mol. The van der Waals surface area contributed by atoms with E-state index in [1.54, 1.807) is 18.2 Å². The molecule has 1 N–H and O–H groups in total. The molecule has 0 aromatic rings. The molecule has 0 atom stereocenters. The van der Waals surface area contributed by atoms with Gasteiger partial charge in [-0.25, -0.2) is 0 Å². The van der Waals surface area contributed by atoms with Gasteiger partial charge in [0, 0.05) is 7.05 Å². The minimum absolute atomic E-state index is 0.583. The summed E-state index contributed by atoms with van der Waals surface area (Å²) in [5.74, 6) is 0. The molecule has 0 unspecified atom stereocenters. The van der Waals surface area contributed by atoms with Crippen molar-refractivity contribution >= 4 is 12.6 Å². The third kappa shape index (κ3) is 3.33. The van der Waals surface area contributed by atoms with Gasteiger partial charge in [-0.3, -0.25) is 10.4 Å². The summed E-state index contributed by atoms with van der Waals surface area (Å²) < 4.78 is 0. The van der Waals surface area contributed by atoms with Crippen molar-refractivity contribution in [3.63, 3.8) is 0 Å². The Morgan fingerprint density at radius 1 is 1.75 bits per heavy atom. The molecule has 0 amide bonds. The smallest absolute Gasteiger partial charge is 0.110 e. The summed E-state index contributed by atoms with van der Waals surface area (Å²) >= 11 is 0. The standard InChI is InChI=1S/C5H11N3/c1-3-7-5-8(2)4-6/h3-4,6H,5H2,1-2H3. The van der Waals surface area contributed by atoms with Crippen LogP contribution in [-0.2, 0) is 0 Å². The topological polar surface area (TPSA) is 39.5 Å². The average molecular weight is 113 g/mol. The van der Waals surface area contributed by atoms with Crippen LogP contribution in [0.2, 0.25) is 0 Å². The van der Waals surface area contributed by atoms with Crippen LogP contribution in [0.5, 0.6) is 0 Å². The Morgan fingerprint density at radius 3 is 2.75 bits per heavy atom. The second-order valence-electron chi connectivity index (χ2n) is 1.47. The molecule has 0 radical (unpaired) electrons. The van der Waals surface area contributed by atoms with E-state index in [-0.39, 0.29) is 0 Å². The molecule has 3 nitrogen and oxygen atoms in total. The van der Waals surface area contributed by atoms with Crippen molar-refractivity contribution in [2.24, 2.45) is 4.99 Å². The highest BCUT2D eigenvalue weighted by atomic mass is 15.2. The maximum absolute atomic E-state index is 6.71. The van der Waals surface area contributed by atoms with E-state index in [1.807, 2.05) is 6.92 Å². The van der Waals surface area contributed by atoms with Gasteiger partial charge in [-0.1, -0.05) is 0 Å². The van der Waals surface area contributed by atoms with Crippen LogP contribution in [0.15, 0.2) is 4.99 Å². The van der Waals surface area contributed by atoms with Crippen LogP contribution in [0.3, 0.4) is 0 Å². The quantitative estimate of drug-likeness (QED) is 0.422. The molecule has 0 saturated carbocycles. The highest BCUT2D eigenvalue weighted by molar-refractivity contribution is 5.54. The van der Waals surface area contributed by atoms with Crippen molar-refractivity contribution < 1.29 is 0 Å². The van der Waals surface area contributed by atoms with Crippen molar-refractivity contribution in [2.45, 2.75) is 6.92 Å². The molecule has 0 bridgehead atoms. The molecule has 0 aliphatic heterocycles. The van der Waals surface area contributed by atoms with Gasteiger partial charge in [0.05, 0.1) is 6.34 Å². The lowest BCUT2D eigenvalue weighted by atomic mass is 10.8. The number of hydrogen-bond donors (Lipinski definition) is 1. The second-order valence-corrected chi connectivity index (χ2v) is 1.47. The van der Waals surface area contributed by atoms with E-state index in [0.717, 1.165) is 0 Å². The van der Waals surface area contributed by atoms with Crippen molar-refractivity contribution in [1.29, 1.82) is 5.41 Å². The van der Waals surface area contributed by atoms with Gasteiger partial charge in [-0.15, -0.1) is 0 Å². The first-order valence-electron chi connectivity index (χ1n) is 2.46. The maximum Gasteiger partial charge on any atom is 0.110 e. The van der Waals surface area contributed by atoms with Gasteiger partial charge in [0.15, 0.2) is 0 Å². The lowest BCUT2D eigenvalue weighted by Gasteiger charge is -2.05. The molecular formula is C5H11N3. The van der Waals surface area contributed by atoms with Crippen LogP contribution in [0, 0.1) is 5.41 Å². The first kappa shape index (κ1) is 7.14. The van der Waals surface area contributed by atoms with Crippen LogP contribution in [0.1, 0.15) is 6.92 Å². The predicted molar refractivity (Wildman–Crippen MR) is 35.6 cm³/mol. The Labute approximate surface area is 49.5 Å². The Balaban J connectivity index is 3.23. The van der Waals surface area contributed by atoms with E-state index in [0.29, 0.717) is 6.67 Å². The highest BCUT2D eigenvalue weighted by Crippen LogP contribution is 1.73. The molecule has 3 heteroatoms. The van der Waals surface area contributed by atoms with Crippen molar-refractivity contribution in [2.75, 3.05) is 13.7 Å². The molecule has 0 aromatic heterocycles. The first-order valence-corrected chi connectivity index (χ1v) is 2.46. The number of nitrogens with one attached hydrogen (secondary N) is 1. The molecule has 0 fully saturated rings. The van der Waals surface area contributed by atoms with Crippen molar-refractivity contribution in [3.05, 3.63) is 0 Å². The molecule has 0 saturated heterocycles. The third-order valence-corrected chi connectivity index (χ3v) is 0.708. The fourth-order valence-electron chi connectivity index (χ4n) is 0.251. The number of nitrogens with zero attached hydrogens (tertiary/aromatic N) is 2. The lowest BCUT2D eigenvalue weighted by molar-refractivity contribution is 0.537. The third-order valence-electron chi connectivity index (χ3n) is 0.708. The van der Waals surface area contributed by atoms with E-state index in [1.165, 1.54) is 6.34 Å². The highest BCUT2D eigenvalue weighted by Gasteiger charge is 1.80. The molecule has 8 heavy (non-hydrogen) atoms. The van der Waals surface area contributed by atoms with E-state index in [9.17, 15) is 0 Å². The van der Waals surface area contributed by atoms with Gasteiger partial charge < -0.3 is 4.90 Å². The Kier molecular flexibility index (Phi) is 3.84. The molecule has 0 aliphatic carbocycles. The lowest BCUT2D eigenvalue weighted by Crippen LogP contribution is -2.14. The molecule has 0 rings (SSSR count). The van der Waals surface area contributed by atoms with Gasteiger partial charge in [0.2, 0.25) is 0 Å². The Morgan fingerprint density at radius 2 is 2.38 bits per heavy atom. The van der Waals surface area contributed by atoms with Crippen LogP contribution in [0.4, 0.5) is 0 Å². The largest absolute Gasteiger partial charge is 0.347 e. The zero-order chi connectivity index (χ0) is 6.41. The summed E-state index contributed by atoms with van der Waals surface area (Å²) in [6.07, 6.45) is 2.97. The molecule has 0 aromatic carbocycles. The van der Waals surface area contributed by atoms with E-state index in [4.69, 9.17) is 5.41 Å². The van der Waals surface area contributed by atoms with Crippen LogP contribution < -0.4 is 0 Å². The van der Waals surface area contributed by atoms with E-state index < -0.39 is 0 Å². The van der Waals surface area contributed by atoms with Crippen LogP contribution in [-0.4, -0.2) is 31.2 Å². The number of rotatable bonds is 3. The van der Waals surface area contributed by atoms with Crippen LogP contribution >= 0.6 is 0 Å². The normalized spacial score (nSPS) is 9.75. The summed E-state index contributed by atoms with van der Waals surface area (Å²) in [5.41, 5.74) is 0. The average Bonchev–Trinajstić information content (AvgIpc) is 1.83. The fourth-order valence-corrected chi connectivity index (χ4v) is 0.251. The van der Waals surface area contributed by atoms with Gasteiger partial charge in [0.25, 0.3) is 0 Å². The van der Waals surface area contributed by atoms with Crippen LogP contribution in [0.25, 0.3) is 0 Å². The maximum atomic E-state index is 6.71. The summed E-state index contributed by atoms with van der Waals surface area (Å²) in [4.78, 5) is 5.57. The summed E-state index contributed by atoms with van der Waals surface area (Å²) in [6.45, 7) is 2.44. The van der Waals surface area contributed by atoms with Gasteiger partial charge in [0.1, 0.15) is 6.67 Å². The predicted octanol–water partition coefficient (Wildman–Crippen LogP) is 0.573. The minimum Gasteiger partial charge on any atom is -0.347 e. The number of hydrogen-bond acceptors (Lipinski definition) is 2. The Hall–Kier alpha value is -0.860. The number of aliphatic imine (C=N–C) groups is 1. The van der Waals surface area contributed by atoms with Gasteiger partial charge in [-0.2, -0.15) is 0 Å². The van der Waals surface area contributed by atoms with Gasteiger partial charge >= 0.3 is 0 Å². The summed E-state index contributed by atoms with van der Waals surface area (Å²) in [7, 11) is 1.81. The zero-order valence-electron chi connectivity index (χ0n) is 5.26. The van der Waals surface area contributed by atoms with Crippen molar-refractivity contribution in [3.8, 4) is 0 Å². The molecule has 46 valence electrons. The van der Waals surface area contributed by atoms with E-state index in [2.05, 4.69) is 4.99 Å². The molecule has 0 aliphatic rings. The molecule has 0 heterocycles. The van der Waals surface area contributed by atoms with Gasteiger partial charge in [-0.05, 0) is 13.1 Å². The summed E-state index contributed by atoms with van der Waals surface area (Å²) in [6, 6.07) is 0. The molecule has 0 spiro atoms. The zero-order valence-corrected chi connectivity index (χ0v) is 5.26. The summed E-state index contributed by atoms with van der Waals surface area (Å²) in [5, 5.41) is 6.71. The molecular weight excluding hydrogens is 102 g/mol. The minimum atomic E-state index is 0.583. The first-order chi connectivity index (χ1) is 3.81. The SMILES string of the molecule is CC=NCN(C)C=N. The van der Waals surface area contributed by atoms with Crippen molar-refractivity contribution in [1.82, 2.24) is 4.90 Å². The fraction of sp³-hybridized carbons (Fsp3) is 0.600.